The lowest BCUT2D eigenvalue weighted by Crippen LogP contribution is -2.48. The highest BCUT2D eigenvalue weighted by atomic mass is 16.2. The maximum absolute atomic E-state index is 12.5. The zero-order chi connectivity index (χ0) is 13.1. The van der Waals surface area contributed by atoms with Gasteiger partial charge in [-0.2, -0.15) is 0 Å². The Hall–Kier alpha value is -1.10. The summed E-state index contributed by atoms with van der Waals surface area (Å²) < 4.78 is 0. The predicted octanol–water partition coefficient (Wildman–Crippen LogP) is 0.0984. The van der Waals surface area contributed by atoms with Gasteiger partial charge in [0.1, 0.15) is 6.04 Å². The van der Waals surface area contributed by atoms with Gasteiger partial charge in [0.05, 0.1) is 0 Å². The minimum atomic E-state index is -0.262. The molecule has 0 bridgehead atoms. The summed E-state index contributed by atoms with van der Waals surface area (Å²) in [5.41, 5.74) is 5.73. The fraction of sp³-hybridized carbons (Fsp3) is 0.846. The second-order valence-corrected chi connectivity index (χ2v) is 5.34. The lowest BCUT2D eigenvalue weighted by Gasteiger charge is -2.28. The Bertz CT molecular complexity index is 332. The number of carbonyl (C=O) groups is 2. The molecule has 102 valence electrons. The fourth-order valence-electron chi connectivity index (χ4n) is 3.33. The minimum Gasteiger partial charge on any atom is -0.357 e. The SMILES string of the molecule is CNC(=O)C1CCCN1C(=O)[C@@H]1CCC[C@@H]1CN. The van der Waals surface area contributed by atoms with E-state index in [0.29, 0.717) is 19.0 Å². The molecule has 0 aromatic heterocycles. The van der Waals surface area contributed by atoms with Crippen molar-refractivity contribution >= 4 is 11.8 Å². The summed E-state index contributed by atoms with van der Waals surface area (Å²) in [5, 5.41) is 2.65. The zero-order valence-electron chi connectivity index (χ0n) is 11.0. The quantitative estimate of drug-likeness (QED) is 0.749. The van der Waals surface area contributed by atoms with Crippen LogP contribution in [0.25, 0.3) is 0 Å². The van der Waals surface area contributed by atoms with Crippen LogP contribution in [0.3, 0.4) is 0 Å². The van der Waals surface area contributed by atoms with Gasteiger partial charge >= 0.3 is 0 Å². The molecule has 2 aliphatic rings. The van der Waals surface area contributed by atoms with Crippen molar-refractivity contribution in [2.75, 3.05) is 20.1 Å². The van der Waals surface area contributed by atoms with Gasteiger partial charge in [-0.1, -0.05) is 6.42 Å². The van der Waals surface area contributed by atoms with E-state index in [4.69, 9.17) is 5.73 Å². The van der Waals surface area contributed by atoms with Crippen molar-refractivity contribution in [3.63, 3.8) is 0 Å². The van der Waals surface area contributed by atoms with E-state index in [0.717, 1.165) is 32.1 Å². The van der Waals surface area contributed by atoms with Crippen molar-refractivity contribution in [3.8, 4) is 0 Å². The summed E-state index contributed by atoms with van der Waals surface area (Å²) in [5.74, 6) is 0.459. The molecule has 0 radical (unpaired) electrons. The molecule has 1 unspecified atom stereocenters. The van der Waals surface area contributed by atoms with E-state index in [-0.39, 0.29) is 23.8 Å². The minimum absolute atomic E-state index is 0.0388. The van der Waals surface area contributed by atoms with Crippen LogP contribution in [0.15, 0.2) is 0 Å². The number of nitrogens with two attached hydrogens (primary N) is 1. The summed E-state index contributed by atoms with van der Waals surface area (Å²) >= 11 is 0. The van der Waals surface area contributed by atoms with Crippen molar-refractivity contribution < 1.29 is 9.59 Å². The Morgan fingerprint density at radius 1 is 1.28 bits per heavy atom. The Balaban J connectivity index is 2.05. The van der Waals surface area contributed by atoms with E-state index in [2.05, 4.69) is 5.32 Å². The van der Waals surface area contributed by atoms with Gasteiger partial charge in [0, 0.05) is 19.5 Å². The first-order valence-electron chi connectivity index (χ1n) is 6.91. The van der Waals surface area contributed by atoms with Crippen LogP contribution in [0.2, 0.25) is 0 Å². The van der Waals surface area contributed by atoms with Crippen molar-refractivity contribution in [2.45, 2.75) is 38.1 Å². The maximum Gasteiger partial charge on any atom is 0.242 e. The molecule has 5 heteroatoms. The van der Waals surface area contributed by atoms with E-state index in [1.165, 1.54) is 0 Å². The highest BCUT2D eigenvalue weighted by molar-refractivity contribution is 5.89. The first-order chi connectivity index (χ1) is 8.69. The molecule has 1 heterocycles. The van der Waals surface area contributed by atoms with E-state index < -0.39 is 0 Å². The smallest absolute Gasteiger partial charge is 0.242 e. The lowest BCUT2D eigenvalue weighted by molar-refractivity contribution is -0.142. The molecule has 1 aliphatic heterocycles. The second kappa shape index (κ2) is 5.69. The molecule has 2 fully saturated rings. The highest BCUT2D eigenvalue weighted by Gasteiger charge is 2.40. The normalized spacial score (nSPS) is 31.7. The molecule has 3 N–H and O–H groups in total. The van der Waals surface area contributed by atoms with E-state index in [1.54, 1.807) is 11.9 Å². The molecule has 3 atom stereocenters. The number of likely N-dealkylation sites (tertiary alicyclic amines) is 1. The van der Waals surface area contributed by atoms with Crippen LogP contribution in [0.5, 0.6) is 0 Å². The number of rotatable bonds is 3. The topological polar surface area (TPSA) is 75.4 Å². The first kappa shape index (κ1) is 13.3. The molecule has 18 heavy (non-hydrogen) atoms. The van der Waals surface area contributed by atoms with Crippen LogP contribution < -0.4 is 11.1 Å². The van der Waals surface area contributed by atoms with Gasteiger partial charge < -0.3 is 16.0 Å². The molecule has 1 saturated carbocycles. The molecular formula is C13H23N3O2. The summed E-state index contributed by atoms with van der Waals surface area (Å²) in [7, 11) is 1.63. The number of likely N-dealkylation sites (N-methyl/N-ethyl adjacent to an activating group) is 1. The van der Waals surface area contributed by atoms with E-state index in [1.807, 2.05) is 0 Å². The summed E-state index contributed by atoms with van der Waals surface area (Å²) in [6, 6.07) is -0.262. The average Bonchev–Trinajstić information content (AvgIpc) is 3.04. The van der Waals surface area contributed by atoms with Crippen LogP contribution in [-0.4, -0.2) is 42.9 Å². The lowest BCUT2D eigenvalue weighted by atomic mass is 9.94. The van der Waals surface area contributed by atoms with E-state index >= 15 is 0 Å². The Labute approximate surface area is 108 Å². The number of carbonyl (C=O) groups excluding carboxylic acids is 2. The third-order valence-corrected chi connectivity index (χ3v) is 4.36. The number of nitrogens with one attached hydrogen (secondary N) is 1. The average molecular weight is 253 g/mol. The summed E-state index contributed by atoms with van der Waals surface area (Å²) in [6.45, 7) is 1.29. The van der Waals surface area contributed by atoms with Gasteiger partial charge in [-0.05, 0) is 38.1 Å². The Kier molecular flexibility index (Phi) is 4.22. The van der Waals surface area contributed by atoms with Crippen LogP contribution in [-0.2, 0) is 9.59 Å². The molecule has 5 nitrogen and oxygen atoms in total. The number of amides is 2. The van der Waals surface area contributed by atoms with Crippen LogP contribution in [0.4, 0.5) is 0 Å². The molecule has 0 aromatic carbocycles. The van der Waals surface area contributed by atoms with Crippen molar-refractivity contribution in [1.29, 1.82) is 0 Å². The molecule has 1 aliphatic carbocycles. The van der Waals surface area contributed by atoms with Gasteiger partial charge in [0.2, 0.25) is 11.8 Å². The molecule has 0 spiro atoms. The molecule has 1 saturated heterocycles. The summed E-state index contributed by atoms with van der Waals surface area (Å²) in [4.78, 5) is 26.1. The van der Waals surface area contributed by atoms with Crippen LogP contribution in [0.1, 0.15) is 32.1 Å². The summed E-state index contributed by atoms with van der Waals surface area (Å²) in [6.07, 6.45) is 4.76. The monoisotopic (exact) mass is 253 g/mol. The van der Waals surface area contributed by atoms with Crippen LogP contribution >= 0.6 is 0 Å². The number of nitrogens with zero attached hydrogens (tertiary/aromatic N) is 1. The van der Waals surface area contributed by atoms with Crippen molar-refractivity contribution in [2.24, 2.45) is 17.6 Å². The van der Waals surface area contributed by atoms with Crippen molar-refractivity contribution in [3.05, 3.63) is 0 Å². The maximum atomic E-state index is 12.5. The number of hydrogen-bond donors (Lipinski definition) is 2. The largest absolute Gasteiger partial charge is 0.357 e. The van der Waals surface area contributed by atoms with Gasteiger partial charge in [-0.3, -0.25) is 9.59 Å². The van der Waals surface area contributed by atoms with Gasteiger partial charge in [0.25, 0.3) is 0 Å². The van der Waals surface area contributed by atoms with E-state index in [9.17, 15) is 9.59 Å². The zero-order valence-corrected chi connectivity index (χ0v) is 11.0. The standard InChI is InChI=1S/C13H23N3O2/c1-15-12(17)11-6-3-7-16(11)13(18)10-5-2-4-9(10)8-14/h9-11H,2-8,14H2,1H3,(H,15,17)/t9-,10-,11?/m1/s1. The van der Waals surface area contributed by atoms with Gasteiger partial charge in [0.15, 0.2) is 0 Å². The first-order valence-corrected chi connectivity index (χ1v) is 6.91. The molecule has 2 rings (SSSR count). The number of hydrogen-bond acceptors (Lipinski definition) is 3. The van der Waals surface area contributed by atoms with Gasteiger partial charge in [-0.25, -0.2) is 0 Å². The Morgan fingerprint density at radius 2 is 2.06 bits per heavy atom. The Morgan fingerprint density at radius 3 is 2.72 bits per heavy atom. The van der Waals surface area contributed by atoms with Gasteiger partial charge in [-0.15, -0.1) is 0 Å². The highest BCUT2D eigenvalue weighted by Crippen LogP contribution is 2.34. The third-order valence-electron chi connectivity index (χ3n) is 4.36. The molecule has 2 amide bonds. The second-order valence-electron chi connectivity index (χ2n) is 5.34. The fourth-order valence-corrected chi connectivity index (χ4v) is 3.33. The molecular weight excluding hydrogens is 230 g/mol. The van der Waals surface area contributed by atoms with Crippen molar-refractivity contribution in [1.82, 2.24) is 10.2 Å². The molecule has 0 aromatic rings. The predicted molar refractivity (Wildman–Crippen MR) is 68.7 cm³/mol. The van der Waals surface area contributed by atoms with Crippen LogP contribution in [0, 0.1) is 11.8 Å². The third kappa shape index (κ3) is 2.36.